The van der Waals surface area contributed by atoms with E-state index in [4.69, 9.17) is 4.74 Å². The minimum atomic E-state index is -0.231. The molecule has 0 unspecified atom stereocenters. The third-order valence-corrected chi connectivity index (χ3v) is 5.14. The van der Waals surface area contributed by atoms with E-state index in [9.17, 15) is 9.59 Å². The van der Waals surface area contributed by atoms with Gasteiger partial charge in [-0.3, -0.25) is 9.59 Å². The van der Waals surface area contributed by atoms with Crippen molar-refractivity contribution in [2.75, 3.05) is 16.8 Å². The van der Waals surface area contributed by atoms with E-state index >= 15 is 0 Å². The number of nitrogens with zero attached hydrogens (tertiary/aromatic N) is 2. The van der Waals surface area contributed by atoms with Gasteiger partial charge in [0.25, 0.3) is 5.91 Å². The maximum absolute atomic E-state index is 12.7. The van der Waals surface area contributed by atoms with Crippen molar-refractivity contribution in [2.24, 2.45) is 0 Å². The molecule has 1 aliphatic rings. The van der Waals surface area contributed by atoms with E-state index < -0.39 is 0 Å². The van der Waals surface area contributed by atoms with E-state index in [1.165, 1.54) is 11.3 Å². The Labute approximate surface area is 166 Å². The molecule has 1 saturated heterocycles. The Hall–Kier alpha value is -3.19. The Morgan fingerprint density at radius 1 is 1.18 bits per heavy atom. The predicted octanol–water partition coefficient (Wildman–Crippen LogP) is 4.10. The number of aromatic nitrogens is 1. The number of nitrogens with one attached hydrogen (secondary N) is 1. The lowest BCUT2D eigenvalue weighted by Crippen LogP contribution is -2.25. The average molecular weight is 393 g/mol. The van der Waals surface area contributed by atoms with Crippen molar-refractivity contribution in [2.45, 2.75) is 19.4 Å². The van der Waals surface area contributed by atoms with Crippen LogP contribution in [0.4, 0.5) is 11.4 Å². The van der Waals surface area contributed by atoms with Gasteiger partial charge in [-0.05, 0) is 42.8 Å². The van der Waals surface area contributed by atoms with Crippen molar-refractivity contribution in [3.05, 3.63) is 70.7 Å². The van der Waals surface area contributed by atoms with Gasteiger partial charge < -0.3 is 15.0 Å². The van der Waals surface area contributed by atoms with Gasteiger partial charge in [-0.25, -0.2) is 4.98 Å². The third kappa shape index (κ3) is 4.04. The van der Waals surface area contributed by atoms with Crippen LogP contribution in [-0.2, 0) is 11.4 Å². The highest BCUT2D eigenvalue weighted by molar-refractivity contribution is 7.07. The van der Waals surface area contributed by atoms with Crippen molar-refractivity contribution in [3.8, 4) is 5.75 Å². The van der Waals surface area contributed by atoms with Crippen molar-refractivity contribution < 1.29 is 14.3 Å². The van der Waals surface area contributed by atoms with Gasteiger partial charge in [-0.15, -0.1) is 11.3 Å². The zero-order chi connectivity index (χ0) is 19.3. The van der Waals surface area contributed by atoms with E-state index in [0.717, 1.165) is 17.8 Å². The average Bonchev–Trinajstić information content (AvgIpc) is 3.39. The molecule has 2 aromatic carbocycles. The minimum Gasteiger partial charge on any atom is -0.487 e. The van der Waals surface area contributed by atoms with Gasteiger partial charge in [-0.2, -0.15) is 0 Å². The Morgan fingerprint density at radius 3 is 2.71 bits per heavy atom. The molecule has 2 amide bonds. The maximum Gasteiger partial charge on any atom is 0.255 e. The predicted molar refractivity (Wildman–Crippen MR) is 109 cm³/mol. The number of hydrogen-bond acceptors (Lipinski definition) is 5. The molecule has 6 nitrogen and oxygen atoms in total. The monoisotopic (exact) mass is 393 g/mol. The van der Waals surface area contributed by atoms with Crippen LogP contribution in [0.15, 0.2) is 59.4 Å². The third-order valence-electron chi connectivity index (χ3n) is 4.50. The topological polar surface area (TPSA) is 71.5 Å². The highest BCUT2D eigenvalue weighted by Gasteiger charge is 2.24. The number of amides is 2. The van der Waals surface area contributed by atoms with Gasteiger partial charge in [0.15, 0.2) is 0 Å². The summed E-state index contributed by atoms with van der Waals surface area (Å²) in [5.41, 5.74) is 4.52. The van der Waals surface area contributed by atoms with E-state index in [-0.39, 0.29) is 11.8 Å². The van der Waals surface area contributed by atoms with E-state index in [1.54, 1.807) is 34.7 Å². The lowest BCUT2D eigenvalue weighted by atomic mass is 10.2. The van der Waals surface area contributed by atoms with Gasteiger partial charge in [0.1, 0.15) is 12.4 Å². The van der Waals surface area contributed by atoms with Crippen LogP contribution in [0, 0.1) is 0 Å². The summed E-state index contributed by atoms with van der Waals surface area (Å²) < 4.78 is 5.67. The number of hydrogen-bond donors (Lipinski definition) is 1. The number of benzene rings is 2. The zero-order valence-electron chi connectivity index (χ0n) is 15.1. The van der Waals surface area contributed by atoms with E-state index in [0.29, 0.717) is 36.6 Å². The molecule has 1 fully saturated rings. The summed E-state index contributed by atoms with van der Waals surface area (Å²) in [5, 5.41) is 4.85. The van der Waals surface area contributed by atoms with Crippen molar-refractivity contribution >= 4 is 34.5 Å². The largest absolute Gasteiger partial charge is 0.487 e. The molecule has 7 heteroatoms. The normalized spacial score (nSPS) is 13.6. The number of carbonyl (C=O) groups is 2. The lowest BCUT2D eigenvalue weighted by molar-refractivity contribution is -0.117. The summed E-state index contributed by atoms with van der Waals surface area (Å²) >= 11 is 1.52. The van der Waals surface area contributed by atoms with Crippen molar-refractivity contribution in [1.29, 1.82) is 0 Å². The molecule has 1 N–H and O–H groups in total. The van der Waals surface area contributed by atoms with Crippen LogP contribution >= 0.6 is 11.3 Å². The summed E-state index contributed by atoms with van der Waals surface area (Å²) in [5.74, 6) is 0.529. The molecular formula is C21H19N3O3S. The van der Waals surface area contributed by atoms with Gasteiger partial charge >= 0.3 is 0 Å². The summed E-state index contributed by atoms with van der Waals surface area (Å²) in [6.45, 7) is 1.07. The summed E-state index contributed by atoms with van der Waals surface area (Å²) in [7, 11) is 0. The smallest absolute Gasteiger partial charge is 0.255 e. The molecule has 3 aromatic rings. The standard InChI is InChI=1S/C21H19N3O3S/c25-20-6-3-11-24(20)19-5-2-1-4-18(19)23-21(26)15-7-9-17(10-8-15)27-12-16-13-28-14-22-16/h1-2,4-5,7-10,13-14H,3,6,11-12H2,(H,23,26). The Kier molecular flexibility index (Phi) is 5.34. The molecule has 0 atom stereocenters. The lowest BCUT2D eigenvalue weighted by Gasteiger charge is -2.20. The molecule has 1 aromatic heterocycles. The number of ether oxygens (including phenoxy) is 1. The van der Waals surface area contributed by atoms with Gasteiger partial charge in [0, 0.05) is 23.9 Å². The first-order valence-corrected chi connectivity index (χ1v) is 9.96. The maximum atomic E-state index is 12.7. The fraction of sp³-hybridized carbons (Fsp3) is 0.190. The molecule has 0 bridgehead atoms. The zero-order valence-corrected chi connectivity index (χ0v) is 15.9. The van der Waals surface area contributed by atoms with Crippen LogP contribution in [0.2, 0.25) is 0 Å². The SMILES string of the molecule is O=C(Nc1ccccc1N1CCCC1=O)c1ccc(OCc2cscn2)cc1. The Morgan fingerprint density at radius 2 is 2.00 bits per heavy atom. The number of rotatable bonds is 6. The van der Waals surface area contributed by atoms with Crippen molar-refractivity contribution in [3.63, 3.8) is 0 Å². The van der Waals surface area contributed by atoms with Crippen LogP contribution < -0.4 is 15.0 Å². The summed E-state index contributed by atoms with van der Waals surface area (Å²) in [4.78, 5) is 30.6. The van der Waals surface area contributed by atoms with Crippen LogP contribution in [0.3, 0.4) is 0 Å². The fourth-order valence-corrected chi connectivity index (χ4v) is 3.62. The van der Waals surface area contributed by atoms with E-state index in [1.807, 2.05) is 29.6 Å². The number of para-hydroxylation sites is 2. The van der Waals surface area contributed by atoms with Gasteiger partial charge in [0.05, 0.1) is 22.6 Å². The fourth-order valence-electron chi connectivity index (χ4n) is 3.08. The van der Waals surface area contributed by atoms with Crippen LogP contribution in [-0.4, -0.2) is 23.3 Å². The highest BCUT2D eigenvalue weighted by Crippen LogP contribution is 2.29. The van der Waals surface area contributed by atoms with Gasteiger partial charge in [-0.1, -0.05) is 12.1 Å². The summed E-state index contributed by atoms with van der Waals surface area (Å²) in [6.07, 6.45) is 1.38. The van der Waals surface area contributed by atoms with Crippen LogP contribution in [0.25, 0.3) is 0 Å². The molecule has 28 heavy (non-hydrogen) atoms. The molecule has 0 spiro atoms. The van der Waals surface area contributed by atoms with Crippen LogP contribution in [0.5, 0.6) is 5.75 Å². The van der Waals surface area contributed by atoms with E-state index in [2.05, 4.69) is 10.3 Å². The summed E-state index contributed by atoms with van der Waals surface area (Å²) in [6, 6.07) is 14.3. The Balaban J connectivity index is 1.43. The molecule has 4 rings (SSSR count). The number of carbonyl (C=O) groups excluding carboxylic acids is 2. The van der Waals surface area contributed by atoms with Crippen molar-refractivity contribution in [1.82, 2.24) is 4.98 Å². The van der Waals surface area contributed by atoms with Gasteiger partial charge in [0.2, 0.25) is 5.91 Å². The molecule has 142 valence electrons. The first-order valence-electron chi connectivity index (χ1n) is 9.01. The number of thiazole rings is 1. The first-order chi connectivity index (χ1) is 13.7. The second-order valence-corrected chi connectivity index (χ2v) is 7.13. The quantitative estimate of drug-likeness (QED) is 0.684. The molecule has 2 heterocycles. The number of anilines is 2. The molecule has 0 radical (unpaired) electrons. The molecule has 1 aliphatic heterocycles. The Bertz CT molecular complexity index is 971. The first kappa shape index (κ1) is 18.2. The highest BCUT2D eigenvalue weighted by atomic mass is 32.1. The minimum absolute atomic E-state index is 0.0864. The molecule has 0 saturated carbocycles. The molecular weight excluding hydrogens is 374 g/mol. The van der Waals surface area contributed by atoms with Crippen LogP contribution in [0.1, 0.15) is 28.9 Å². The molecule has 0 aliphatic carbocycles. The second kappa shape index (κ2) is 8.22. The second-order valence-electron chi connectivity index (χ2n) is 6.41.